The zero-order chi connectivity index (χ0) is 10.1. The van der Waals surface area contributed by atoms with E-state index >= 15 is 0 Å². The van der Waals surface area contributed by atoms with E-state index in [1.165, 1.54) is 0 Å². The normalized spacial score (nSPS) is 13.7. The maximum Gasteiger partial charge on any atom is 0.134 e. The number of hydrogen-bond donors (Lipinski definition) is 1. The third kappa shape index (κ3) is 1.41. The van der Waals surface area contributed by atoms with Gasteiger partial charge in [0.15, 0.2) is 0 Å². The summed E-state index contributed by atoms with van der Waals surface area (Å²) in [7, 11) is 3.90. The summed E-state index contributed by atoms with van der Waals surface area (Å²) in [5, 5.41) is 1.09. The molecule has 2 N–H and O–H groups in total. The van der Waals surface area contributed by atoms with Gasteiger partial charge in [0.1, 0.15) is 5.58 Å². The summed E-state index contributed by atoms with van der Waals surface area (Å²) in [4.78, 5) is 1.96. The van der Waals surface area contributed by atoms with E-state index in [2.05, 4.69) is 0 Å². The number of nitrogens with zero attached hydrogens (tertiary/aromatic N) is 1. The van der Waals surface area contributed by atoms with Gasteiger partial charge in [-0.1, -0.05) is 18.2 Å². The molecule has 0 fully saturated rings. The third-order valence-electron chi connectivity index (χ3n) is 2.39. The van der Waals surface area contributed by atoms with Crippen LogP contribution >= 0.6 is 0 Å². The number of furan rings is 1. The molecule has 0 spiro atoms. The molecule has 1 atom stereocenters. The van der Waals surface area contributed by atoms with Gasteiger partial charge in [0, 0.05) is 10.9 Å². The molecule has 0 saturated carbocycles. The Morgan fingerprint density at radius 2 is 2.00 bits per heavy atom. The molecule has 1 heterocycles. The van der Waals surface area contributed by atoms with Crippen LogP contribution < -0.4 is 5.73 Å². The lowest BCUT2D eigenvalue weighted by atomic mass is 10.1. The maximum atomic E-state index is 6.01. The van der Waals surface area contributed by atoms with E-state index in [-0.39, 0.29) is 6.17 Å². The molecule has 3 heteroatoms. The Balaban J connectivity index is 2.53. The number of rotatable bonds is 2. The first-order chi connectivity index (χ1) is 6.70. The zero-order valence-electron chi connectivity index (χ0n) is 8.40. The fraction of sp³-hybridized carbons (Fsp3) is 0.273. The van der Waals surface area contributed by atoms with Crippen molar-refractivity contribution in [2.45, 2.75) is 6.17 Å². The van der Waals surface area contributed by atoms with Gasteiger partial charge in [0.2, 0.25) is 0 Å². The van der Waals surface area contributed by atoms with Crippen molar-refractivity contribution in [1.29, 1.82) is 0 Å². The molecule has 0 bridgehead atoms. The second-order valence-electron chi connectivity index (χ2n) is 3.60. The SMILES string of the molecule is CN(C)C(N)c1coc2ccccc12. The number of fused-ring (bicyclic) bond motifs is 1. The van der Waals surface area contributed by atoms with Crippen molar-refractivity contribution in [3.05, 3.63) is 36.1 Å². The highest BCUT2D eigenvalue weighted by Gasteiger charge is 2.13. The van der Waals surface area contributed by atoms with Crippen molar-refractivity contribution in [1.82, 2.24) is 4.90 Å². The molecule has 2 aromatic rings. The van der Waals surface area contributed by atoms with Crippen molar-refractivity contribution in [3.63, 3.8) is 0 Å². The highest BCUT2D eigenvalue weighted by molar-refractivity contribution is 5.81. The van der Waals surface area contributed by atoms with Crippen LogP contribution in [0.4, 0.5) is 0 Å². The predicted molar refractivity (Wildman–Crippen MR) is 56.8 cm³/mol. The van der Waals surface area contributed by atoms with Crippen LogP contribution in [0, 0.1) is 0 Å². The summed E-state index contributed by atoms with van der Waals surface area (Å²) in [5.41, 5.74) is 7.94. The Labute approximate surface area is 83.1 Å². The standard InChI is InChI=1S/C11H14N2O/c1-13(2)11(12)9-7-14-10-6-4-3-5-8(9)10/h3-7,11H,12H2,1-2H3. The van der Waals surface area contributed by atoms with Gasteiger partial charge in [0.25, 0.3) is 0 Å². The summed E-state index contributed by atoms with van der Waals surface area (Å²) in [5.74, 6) is 0. The Morgan fingerprint density at radius 3 is 2.71 bits per heavy atom. The van der Waals surface area contributed by atoms with Gasteiger partial charge >= 0.3 is 0 Å². The van der Waals surface area contributed by atoms with E-state index in [4.69, 9.17) is 10.2 Å². The summed E-state index contributed by atoms with van der Waals surface area (Å²) in [6.07, 6.45) is 1.62. The average molecular weight is 190 g/mol. The maximum absolute atomic E-state index is 6.01. The highest BCUT2D eigenvalue weighted by atomic mass is 16.3. The van der Waals surface area contributed by atoms with Gasteiger partial charge in [-0.05, 0) is 20.2 Å². The van der Waals surface area contributed by atoms with E-state index in [0.29, 0.717) is 0 Å². The van der Waals surface area contributed by atoms with Crippen molar-refractivity contribution in [2.75, 3.05) is 14.1 Å². The van der Waals surface area contributed by atoms with Gasteiger partial charge in [-0.3, -0.25) is 4.90 Å². The minimum Gasteiger partial charge on any atom is -0.464 e. The lowest BCUT2D eigenvalue weighted by Crippen LogP contribution is -2.27. The Bertz CT molecular complexity index is 434. The van der Waals surface area contributed by atoms with Gasteiger partial charge in [0.05, 0.1) is 12.4 Å². The van der Waals surface area contributed by atoms with Crippen molar-refractivity contribution >= 4 is 11.0 Å². The quantitative estimate of drug-likeness (QED) is 0.736. The summed E-state index contributed by atoms with van der Waals surface area (Å²) in [6, 6.07) is 7.92. The lowest BCUT2D eigenvalue weighted by Gasteiger charge is -2.18. The average Bonchev–Trinajstić information content (AvgIpc) is 2.60. The largest absolute Gasteiger partial charge is 0.464 e. The van der Waals surface area contributed by atoms with E-state index in [0.717, 1.165) is 16.5 Å². The van der Waals surface area contributed by atoms with E-state index < -0.39 is 0 Å². The van der Waals surface area contributed by atoms with Crippen molar-refractivity contribution < 1.29 is 4.42 Å². The van der Waals surface area contributed by atoms with Crippen LogP contribution in [-0.4, -0.2) is 19.0 Å². The van der Waals surface area contributed by atoms with Crippen molar-refractivity contribution in [2.24, 2.45) is 5.73 Å². The molecule has 74 valence electrons. The molecular formula is C11H14N2O. The number of benzene rings is 1. The molecule has 2 rings (SSSR count). The summed E-state index contributed by atoms with van der Waals surface area (Å²) >= 11 is 0. The second-order valence-corrected chi connectivity index (χ2v) is 3.60. The first-order valence-electron chi connectivity index (χ1n) is 4.58. The molecular weight excluding hydrogens is 176 g/mol. The minimum atomic E-state index is -0.112. The lowest BCUT2D eigenvalue weighted by molar-refractivity contribution is 0.307. The van der Waals surface area contributed by atoms with Crippen LogP contribution in [0.15, 0.2) is 34.9 Å². The summed E-state index contributed by atoms with van der Waals surface area (Å²) in [6.45, 7) is 0. The first kappa shape index (κ1) is 9.24. The number of hydrogen-bond acceptors (Lipinski definition) is 3. The monoisotopic (exact) mass is 190 g/mol. The molecule has 0 aliphatic heterocycles. The smallest absolute Gasteiger partial charge is 0.134 e. The van der Waals surface area contributed by atoms with Crippen LogP contribution in [-0.2, 0) is 0 Å². The fourth-order valence-corrected chi connectivity index (χ4v) is 1.51. The molecule has 1 aromatic heterocycles. The Kier molecular flexibility index (Phi) is 2.27. The number of nitrogens with two attached hydrogens (primary N) is 1. The molecule has 1 unspecified atom stereocenters. The Hall–Kier alpha value is -1.32. The Morgan fingerprint density at radius 1 is 1.29 bits per heavy atom. The van der Waals surface area contributed by atoms with E-state index in [9.17, 15) is 0 Å². The van der Waals surface area contributed by atoms with Crippen molar-refractivity contribution in [3.8, 4) is 0 Å². The second kappa shape index (κ2) is 3.44. The van der Waals surface area contributed by atoms with Crippen LogP contribution in [0.25, 0.3) is 11.0 Å². The minimum absolute atomic E-state index is 0.112. The predicted octanol–water partition coefficient (Wildman–Crippen LogP) is 1.95. The topological polar surface area (TPSA) is 42.4 Å². The molecule has 0 saturated heterocycles. The van der Waals surface area contributed by atoms with Crippen LogP contribution in [0.1, 0.15) is 11.7 Å². The molecule has 14 heavy (non-hydrogen) atoms. The molecule has 0 aliphatic carbocycles. The van der Waals surface area contributed by atoms with Crippen LogP contribution in [0.2, 0.25) is 0 Å². The van der Waals surface area contributed by atoms with E-state index in [1.54, 1.807) is 6.26 Å². The molecule has 3 nitrogen and oxygen atoms in total. The zero-order valence-corrected chi connectivity index (χ0v) is 8.40. The van der Waals surface area contributed by atoms with E-state index in [1.807, 2.05) is 43.3 Å². The van der Waals surface area contributed by atoms with Gasteiger partial charge in [-0.25, -0.2) is 0 Å². The molecule has 1 aromatic carbocycles. The molecule has 0 aliphatic rings. The summed E-state index contributed by atoms with van der Waals surface area (Å²) < 4.78 is 5.41. The third-order valence-corrected chi connectivity index (χ3v) is 2.39. The highest BCUT2D eigenvalue weighted by Crippen LogP contribution is 2.25. The fourth-order valence-electron chi connectivity index (χ4n) is 1.51. The first-order valence-corrected chi connectivity index (χ1v) is 4.58. The van der Waals surface area contributed by atoms with Gasteiger partial charge in [-0.15, -0.1) is 0 Å². The number of para-hydroxylation sites is 1. The van der Waals surface area contributed by atoms with Crippen LogP contribution in [0.3, 0.4) is 0 Å². The van der Waals surface area contributed by atoms with Gasteiger partial charge in [-0.2, -0.15) is 0 Å². The van der Waals surface area contributed by atoms with Crippen LogP contribution in [0.5, 0.6) is 0 Å². The molecule has 0 amide bonds. The molecule has 0 radical (unpaired) electrons. The van der Waals surface area contributed by atoms with Gasteiger partial charge < -0.3 is 10.2 Å².